The van der Waals surface area contributed by atoms with Crippen LogP contribution in [0.25, 0.3) is 0 Å². The molecule has 1 N–H and O–H groups in total. The third-order valence-corrected chi connectivity index (χ3v) is 6.77. The fraction of sp³-hybridized carbons (Fsp3) is 0.240. The van der Waals surface area contributed by atoms with Gasteiger partial charge in [0.2, 0.25) is 5.91 Å². The second-order valence-electron chi connectivity index (χ2n) is 7.19. The van der Waals surface area contributed by atoms with E-state index in [0.717, 1.165) is 10.7 Å². The molecule has 33 heavy (non-hydrogen) atoms. The minimum absolute atomic E-state index is 0.0857. The van der Waals surface area contributed by atoms with Gasteiger partial charge in [0, 0.05) is 0 Å². The Morgan fingerprint density at radius 2 is 1.61 bits per heavy atom. The lowest BCUT2D eigenvalue weighted by Crippen LogP contribution is -2.42. The summed E-state index contributed by atoms with van der Waals surface area (Å²) >= 11 is 0. The number of nitrogens with one attached hydrogen (secondary N) is 1. The molecule has 0 aliphatic rings. The molecule has 0 saturated heterocycles. The number of sulfonamides is 1. The van der Waals surface area contributed by atoms with Gasteiger partial charge in [0.05, 0.1) is 24.2 Å². The first-order chi connectivity index (χ1) is 16.0. The maximum absolute atomic E-state index is 13.4. The van der Waals surface area contributed by atoms with Crippen molar-refractivity contribution in [2.45, 2.75) is 18.2 Å². The molecule has 174 valence electrons. The van der Waals surface area contributed by atoms with Gasteiger partial charge in [0.25, 0.3) is 10.0 Å². The van der Waals surface area contributed by atoms with Crippen molar-refractivity contribution < 1.29 is 22.7 Å². The van der Waals surface area contributed by atoms with Crippen LogP contribution in [0.4, 0.5) is 5.69 Å². The number of aryl methyl sites for hydroxylation is 1. The molecule has 3 aromatic carbocycles. The molecule has 0 saturated carbocycles. The lowest BCUT2D eigenvalue weighted by atomic mass is 10.2. The van der Waals surface area contributed by atoms with Crippen molar-refractivity contribution in [2.24, 2.45) is 0 Å². The number of carbonyl (C=O) groups excluding carboxylic acids is 1. The Labute approximate surface area is 195 Å². The summed E-state index contributed by atoms with van der Waals surface area (Å²) in [5.41, 5.74) is 1.50. The summed E-state index contributed by atoms with van der Waals surface area (Å²) in [7, 11) is -2.55. The molecule has 0 radical (unpaired) electrons. The molecule has 3 aromatic rings. The van der Waals surface area contributed by atoms with E-state index >= 15 is 0 Å². The van der Waals surface area contributed by atoms with E-state index in [1.165, 1.54) is 24.8 Å². The van der Waals surface area contributed by atoms with Crippen LogP contribution in [-0.4, -0.2) is 41.1 Å². The molecule has 0 aliphatic heterocycles. The van der Waals surface area contributed by atoms with Gasteiger partial charge in [-0.2, -0.15) is 0 Å². The van der Waals surface area contributed by atoms with Gasteiger partial charge in [-0.1, -0.05) is 49.4 Å². The highest BCUT2D eigenvalue weighted by Gasteiger charge is 2.29. The molecule has 0 fully saturated rings. The predicted molar refractivity (Wildman–Crippen MR) is 128 cm³/mol. The highest BCUT2D eigenvalue weighted by atomic mass is 32.2. The van der Waals surface area contributed by atoms with Crippen molar-refractivity contribution in [1.82, 2.24) is 5.32 Å². The van der Waals surface area contributed by atoms with Crippen molar-refractivity contribution in [1.29, 1.82) is 0 Å². The quantitative estimate of drug-likeness (QED) is 0.434. The normalized spacial score (nSPS) is 11.0. The van der Waals surface area contributed by atoms with Crippen molar-refractivity contribution in [2.75, 3.05) is 31.1 Å². The molecule has 0 bridgehead atoms. The molecular formula is C25H28N2O5S. The summed E-state index contributed by atoms with van der Waals surface area (Å²) in [4.78, 5) is 12.8. The van der Waals surface area contributed by atoms with Crippen LogP contribution in [0.3, 0.4) is 0 Å². The zero-order valence-corrected chi connectivity index (χ0v) is 19.5. The van der Waals surface area contributed by atoms with E-state index in [9.17, 15) is 13.2 Å². The Hall–Kier alpha value is -3.52. The summed E-state index contributed by atoms with van der Waals surface area (Å²) in [5, 5.41) is 2.73. The topological polar surface area (TPSA) is 84.9 Å². The summed E-state index contributed by atoms with van der Waals surface area (Å²) in [6.07, 6.45) is 0.949. The van der Waals surface area contributed by atoms with Crippen LogP contribution >= 0.6 is 0 Å². The first-order valence-electron chi connectivity index (χ1n) is 10.6. The van der Waals surface area contributed by atoms with Crippen molar-refractivity contribution in [3.63, 3.8) is 0 Å². The number of nitrogens with zero attached hydrogens (tertiary/aromatic N) is 1. The molecular weight excluding hydrogens is 440 g/mol. The summed E-state index contributed by atoms with van der Waals surface area (Å²) < 4.78 is 38.8. The van der Waals surface area contributed by atoms with Crippen LogP contribution in [0.2, 0.25) is 0 Å². The average molecular weight is 469 g/mol. The van der Waals surface area contributed by atoms with E-state index in [-0.39, 0.29) is 23.7 Å². The lowest BCUT2D eigenvalue weighted by molar-refractivity contribution is -0.119. The molecule has 0 spiro atoms. The van der Waals surface area contributed by atoms with E-state index in [4.69, 9.17) is 9.47 Å². The van der Waals surface area contributed by atoms with Crippen molar-refractivity contribution in [3.8, 4) is 11.5 Å². The minimum atomic E-state index is -4.00. The zero-order chi connectivity index (χ0) is 23.7. The molecule has 1 amide bonds. The number of hydrogen-bond acceptors (Lipinski definition) is 5. The van der Waals surface area contributed by atoms with E-state index in [1.54, 1.807) is 42.5 Å². The monoisotopic (exact) mass is 468 g/mol. The highest BCUT2D eigenvalue weighted by molar-refractivity contribution is 7.92. The van der Waals surface area contributed by atoms with Gasteiger partial charge in [-0.3, -0.25) is 9.10 Å². The molecule has 0 aromatic heterocycles. The smallest absolute Gasteiger partial charge is 0.264 e. The van der Waals surface area contributed by atoms with Crippen molar-refractivity contribution in [3.05, 3.63) is 84.4 Å². The molecule has 0 unspecified atom stereocenters. The fourth-order valence-electron chi connectivity index (χ4n) is 3.22. The highest BCUT2D eigenvalue weighted by Crippen LogP contribution is 2.32. The molecule has 0 aliphatic carbocycles. The Balaban J connectivity index is 1.70. The van der Waals surface area contributed by atoms with Crippen LogP contribution in [-0.2, 0) is 21.2 Å². The standard InChI is InChI=1S/C25H28N2O5S/c1-3-20-13-15-21(16-14-20)32-18-17-26-25(28)19-27(23-11-7-8-12-24(23)31-2)33(29,30)22-9-5-4-6-10-22/h4-16H,3,17-19H2,1-2H3,(H,26,28). The summed E-state index contributed by atoms with van der Waals surface area (Å²) in [6.45, 7) is 2.18. The number of amides is 1. The van der Waals surface area contributed by atoms with Crippen LogP contribution in [0, 0.1) is 0 Å². The molecule has 7 nitrogen and oxygen atoms in total. The van der Waals surface area contributed by atoms with Crippen LogP contribution < -0.4 is 19.1 Å². The predicted octanol–water partition coefficient (Wildman–Crippen LogP) is 3.65. The molecule has 0 heterocycles. The van der Waals surface area contributed by atoms with Crippen molar-refractivity contribution >= 4 is 21.6 Å². The van der Waals surface area contributed by atoms with Gasteiger partial charge in [0.1, 0.15) is 24.7 Å². The number of methoxy groups -OCH3 is 1. The number of ether oxygens (including phenoxy) is 2. The van der Waals surface area contributed by atoms with E-state index in [2.05, 4.69) is 12.2 Å². The molecule has 3 rings (SSSR count). The molecule has 8 heteroatoms. The van der Waals surface area contributed by atoms with E-state index in [0.29, 0.717) is 11.5 Å². The zero-order valence-electron chi connectivity index (χ0n) is 18.7. The number of para-hydroxylation sites is 2. The molecule has 0 atom stereocenters. The number of hydrogen-bond donors (Lipinski definition) is 1. The van der Waals surface area contributed by atoms with E-state index in [1.807, 2.05) is 24.3 Å². The second-order valence-corrected chi connectivity index (χ2v) is 9.05. The van der Waals surface area contributed by atoms with Gasteiger partial charge in [0.15, 0.2) is 0 Å². The number of rotatable bonds is 11. The number of carbonyl (C=O) groups is 1. The van der Waals surface area contributed by atoms with Gasteiger partial charge < -0.3 is 14.8 Å². The Kier molecular flexibility index (Phi) is 8.32. The number of benzene rings is 3. The summed E-state index contributed by atoms with van der Waals surface area (Å²) in [6, 6.07) is 22.4. The maximum atomic E-state index is 13.4. The average Bonchev–Trinajstić information content (AvgIpc) is 2.86. The van der Waals surface area contributed by atoms with Crippen LogP contribution in [0.5, 0.6) is 11.5 Å². The largest absolute Gasteiger partial charge is 0.495 e. The SMILES string of the molecule is CCc1ccc(OCCNC(=O)CN(c2ccccc2OC)S(=O)(=O)c2ccccc2)cc1. The van der Waals surface area contributed by atoms with Gasteiger partial charge in [-0.25, -0.2) is 8.42 Å². The van der Waals surface area contributed by atoms with E-state index < -0.39 is 22.5 Å². The summed E-state index contributed by atoms with van der Waals surface area (Å²) in [5.74, 6) is 0.609. The minimum Gasteiger partial charge on any atom is -0.495 e. The Morgan fingerprint density at radius 1 is 0.939 bits per heavy atom. The van der Waals surface area contributed by atoms with Crippen LogP contribution in [0.1, 0.15) is 12.5 Å². The first kappa shape index (κ1) is 24.1. The third kappa shape index (κ3) is 6.26. The third-order valence-electron chi connectivity index (χ3n) is 5.00. The fourth-order valence-corrected chi connectivity index (χ4v) is 4.67. The maximum Gasteiger partial charge on any atom is 0.264 e. The Morgan fingerprint density at radius 3 is 2.27 bits per heavy atom. The van der Waals surface area contributed by atoms with Gasteiger partial charge in [-0.05, 0) is 48.4 Å². The van der Waals surface area contributed by atoms with Crippen LogP contribution in [0.15, 0.2) is 83.8 Å². The van der Waals surface area contributed by atoms with Gasteiger partial charge >= 0.3 is 0 Å². The second kappa shape index (κ2) is 11.4. The van der Waals surface area contributed by atoms with Gasteiger partial charge in [-0.15, -0.1) is 0 Å². The first-order valence-corrected chi connectivity index (χ1v) is 12.1. The number of anilines is 1. The lowest BCUT2D eigenvalue weighted by Gasteiger charge is -2.25. The Bertz CT molecular complexity index is 1150.